The fourth-order valence-electron chi connectivity index (χ4n) is 4.43. The summed E-state index contributed by atoms with van der Waals surface area (Å²) in [5.74, 6) is 1.05. The third-order valence-corrected chi connectivity index (χ3v) is 6.23. The average Bonchev–Trinajstić information content (AvgIpc) is 3.19. The van der Waals surface area contributed by atoms with Gasteiger partial charge in [-0.05, 0) is 75.4 Å². The smallest absolute Gasteiger partial charge is 0.408 e. The molecule has 1 aliphatic carbocycles. The Kier molecular flexibility index (Phi) is 5.16. The van der Waals surface area contributed by atoms with Gasteiger partial charge in [-0.15, -0.1) is 0 Å². The Bertz CT molecular complexity index is 1120. The first-order chi connectivity index (χ1) is 15.8. The number of allylic oxidation sites excluding steroid dienone is 2. The number of hydrazine groups is 1. The van der Waals surface area contributed by atoms with Crippen molar-refractivity contribution >= 4 is 17.5 Å². The highest BCUT2D eigenvalue weighted by molar-refractivity contribution is 5.71. The highest BCUT2D eigenvalue weighted by atomic mass is 16.6. The van der Waals surface area contributed by atoms with Gasteiger partial charge in [0, 0.05) is 18.1 Å². The number of hydrogen-bond acceptors (Lipinski definition) is 5. The molecule has 33 heavy (non-hydrogen) atoms. The molecule has 0 saturated heterocycles. The zero-order valence-corrected chi connectivity index (χ0v) is 19.3. The van der Waals surface area contributed by atoms with Crippen LogP contribution in [0.3, 0.4) is 0 Å². The number of rotatable bonds is 4. The van der Waals surface area contributed by atoms with Gasteiger partial charge >= 0.3 is 6.09 Å². The number of para-hydroxylation sites is 1. The maximum atomic E-state index is 12.4. The van der Waals surface area contributed by atoms with Crippen LogP contribution >= 0.6 is 0 Å². The minimum Gasteiger partial charge on any atom is -0.444 e. The lowest BCUT2D eigenvalue weighted by Crippen LogP contribution is -2.52. The Morgan fingerprint density at radius 2 is 1.73 bits per heavy atom. The predicted molar refractivity (Wildman–Crippen MR) is 130 cm³/mol. The number of nitrogens with zero attached hydrogens (tertiary/aromatic N) is 2. The van der Waals surface area contributed by atoms with Crippen molar-refractivity contribution in [2.75, 3.05) is 4.90 Å². The molecule has 2 aromatic rings. The molecule has 6 heteroatoms. The quantitative estimate of drug-likeness (QED) is 0.647. The minimum absolute atomic E-state index is 0.337. The van der Waals surface area contributed by atoms with E-state index in [1.165, 1.54) is 0 Å². The summed E-state index contributed by atoms with van der Waals surface area (Å²) in [6, 6.07) is 18.7. The third kappa shape index (κ3) is 4.21. The summed E-state index contributed by atoms with van der Waals surface area (Å²) in [4.78, 5) is 14.6. The summed E-state index contributed by atoms with van der Waals surface area (Å²) in [7, 11) is 0. The van der Waals surface area contributed by atoms with Crippen molar-refractivity contribution in [1.29, 1.82) is 0 Å². The van der Waals surface area contributed by atoms with E-state index >= 15 is 0 Å². The van der Waals surface area contributed by atoms with E-state index in [-0.39, 0.29) is 11.6 Å². The minimum atomic E-state index is -0.509. The molecule has 170 valence electrons. The monoisotopic (exact) mass is 442 g/mol. The average molecular weight is 443 g/mol. The summed E-state index contributed by atoms with van der Waals surface area (Å²) >= 11 is 0. The molecule has 2 N–H and O–H groups in total. The largest absolute Gasteiger partial charge is 0.444 e. The summed E-state index contributed by atoms with van der Waals surface area (Å²) in [5, 5.41) is 5.15. The van der Waals surface area contributed by atoms with Crippen molar-refractivity contribution < 1.29 is 9.53 Å². The Morgan fingerprint density at radius 1 is 1.00 bits per heavy atom. The second-order valence-corrected chi connectivity index (χ2v) is 9.73. The lowest BCUT2D eigenvalue weighted by molar-refractivity contribution is 0.0377. The third-order valence-electron chi connectivity index (χ3n) is 6.23. The van der Waals surface area contributed by atoms with E-state index < -0.39 is 5.60 Å². The lowest BCUT2D eigenvalue weighted by Gasteiger charge is -2.43. The number of anilines is 1. The van der Waals surface area contributed by atoms with Crippen LogP contribution in [0.4, 0.5) is 10.5 Å². The number of benzene rings is 2. The first-order valence-corrected chi connectivity index (χ1v) is 11.5. The molecule has 2 heterocycles. The van der Waals surface area contributed by atoms with E-state index in [0.29, 0.717) is 0 Å². The molecule has 2 aromatic carbocycles. The van der Waals surface area contributed by atoms with E-state index in [2.05, 4.69) is 70.4 Å². The summed E-state index contributed by atoms with van der Waals surface area (Å²) in [6.45, 7) is 5.65. The lowest BCUT2D eigenvalue weighted by atomic mass is 9.72. The number of amides is 1. The fraction of sp³-hybridized carbons (Fsp3) is 0.296. The Balaban J connectivity index is 1.32. The number of fused-ring (bicyclic) bond motifs is 1. The SMILES string of the molecule is CC(C)(C)OC(=O)NC1(c2ccc(C3=CC=C4N(C=CN4c4ccccc4)N3)cc2)CCC1. The van der Waals surface area contributed by atoms with Crippen molar-refractivity contribution in [2.45, 2.75) is 51.2 Å². The molecule has 0 aromatic heterocycles. The van der Waals surface area contributed by atoms with Gasteiger partial charge in [-0.1, -0.05) is 42.5 Å². The Labute approximate surface area is 195 Å². The normalized spacial score (nSPS) is 18.5. The second kappa shape index (κ2) is 8.03. The molecule has 0 unspecified atom stereocenters. The van der Waals surface area contributed by atoms with Gasteiger partial charge in [-0.25, -0.2) is 9.80 Å². The van der Waals surface area contributed by atoms with E-state index in [4.69, 9.17) is 4.74 Å². The Hall–Kier alpha value is -3.67. The molecule has 5 rings (SSSR count). The van der Waals surface area contributed by atoms with E-state index in [0.717, 1.165) is 47.6 Å². The Morgan fingerprint density at radius 3 is 2.36 bits per heavy atom. The van der Waals surface area contributed by atoms with E-state index in [9.17, 15) is 4.79 Å². The van der Waals surface area contributed by atoms with Crippen molar-refractivity contribution in [1.82, 2.24) is 15.8 Å². The van der Waals surface area contributed by atoms with Crippen LogP contribution in [0.2, 0.25) is 0 Å². The molecule has 0 radical (unpaired) electrons. The number of carbonyl (C=O) groups excluding carboxylic acids is 1. The van der Waals surface area contributed by atoms with Crippen LogP contribution in [0.25, 0.3) is 5.70 Å². The predicted octanol–water partition coefficient (Wildman–Crippen LogP) is 5.58. The molecule has 0 spiro atoms. The molecule has 0 atom stereocenters. The van der Waals surface area contributed by atoms with Crippen molar-refractivity contribution in [2.24, 2.45) is 0 Å². The summed E-state index contributed by atoms with van der Waals surface area (Å²) in [6.07, 6.45) is 10.9. The van der Waals surface area contributed by atoms with Crippen molar-refractivity contribution in [3.05, 3.63) is 96.1 Å². The molecular formula is C27H30N4O2. The van der Waals surface area contributed by atoms with Gasteiger partial charge in [-0.2, -0.15) is 0 Å². The second-order valence-electron chi connectivity index (χ2n) is 9.73. The maximum Gasteiger partial charge on any atom is 0.408 e. The van der Waals surface area contributed by atoms with Gasteiger partial charge in [-0.3, -0.25) is 5.43 Å². The molecule has 1 saturated carbocycles. The van der Waals surface area contributed by atoms with Crippen LogP contribution in [0.1, 0.15) is 51.2 Å². The van der Waals surface area contributed by atoms with Crippen LogP contribution < -0.4 is 15.6 Å². The standard InChI is InChI=1S/C27H30N4O2/c1-26(2,3)33-25(32)28-27(16-7-17-27)21-12-10-20(11-13-21)23-14-15-24-30(18-19-31(24)29-23)22-8-5-4-6-9-22/h4-6,8-15,18-19,29H,7,16-17H2,1-3H3,(H,28,32). The van der Waals surface area contributed by atoms with Gasteiger partial charge < -0.3 is 15.0 Å². The first-order valence-electron chi connectivity index (χ1n) is 11.5. The molecule has 1 fully saturated rings. The number of hydrogen-bond donors (Lipinski definition) is 2. The molecule has 0 bridgehead atoms. The van der Waals surface area contributed by atoms with Gasteiger partial charge in [0.05, 0.1) is 11.2 Å². The molecule has 2 aliphatic heterocycles. The topological polar surface area (TPSA) is 56.8 Å². The summed E-state index contributed by atoms with van der Waals surface area (Å²) < 4.78 is 5.50. The number of alkyl carbamates (subject to hydrolysis) is 1. The van der Waals surface area contributed by atoms with Gasteiger partial charge in [0.2, 0.25) is 0 Å². The molecule has 6 nitrogen and oxygen atoms in total. The van der Waals surface area contributed by atoms with Crippen LogP contribution in [0.15, 0.2) is 85.0 Å². The van der Waals surface area contributed by atoms with E-state index in [1.54, 1.807) is 0 Å². The van der Waals surface area contributed by atoms with Gasteiger partial charge in [0.1, 0.15) is 11.4 Å². The highest BCUT2D eigenvalue weighted by Gasteiger charge is 2.41. The highest BCUT2D eigenvalue weighted by Crippen LogP contribution is 2.42. The van der Waals surface area contributed by atoms with Crippen molar-refractivity contribution in [3.63, 3.8) is 0 Å². The molecule has 3 aliphatic rings. The number of nitrogens with one attached hydrogen (secondary N) is 2. The number of carbonyl (C=O) groups is 1. The zero-order valence-electron chi connectivity index (χ0n) is 19.3. The zero-order chi connectivity index (χ0) is 23.1. The maximum absolute atomic E-state index is 12.4. The van der Waals surface area contributed by atoms with Crippen LogP contribution in [-0.2, 0) is 10.3 Å². The van der Waals surface area contributed by atoms with Crippen LogP contribution in [0.5, 0.6) is 0 Å². The summed E-state index contributed by atoms with van der Waals surface area (Å²) in [5.41, 5.74) is 6.99. The van der Waals surface area contributed by atoms with Crippen LogP contribution in [0, 0.1) is 0 Å². The van der Waals surface area contributed by atoms with Crippen LogP contribution in [-0.4, -0.2) is 16.7 Å². The number of ether oxygens (including phenoxy) is 1. The molecular weight excluding hydrogens is 412 g/mol. The molecule has 1 amide bonds. The van der Waals surface area contributed by atoms with Crippen molar-refractivity contribution in [3.8, 4) is 0 Å². The van der Waals surface area contributed by atoms with Gasteiger partial charge in [0.15, 0.2) is 0 Å². The van der Waals surface area contributed by atoms with E-state index in [1.807, 2.05) is 50.2 Å². The van der Waals surface area contributed by atoms with Gasteiger partial charge in [0.25, 0.3) is 0 Å². The fourth-order valence-corrected chi connectivity index (χ4v) is 4.43. The first kappa shape index (κ1) is 21.2.